The number of rotatable bonds is 16. The number of halogens is 1. The van der Waals surface area contributed by atoms with Crippen molar-refractivity contribution in [2.75, 3.05) is 39.6 Å². The van der Waals surface area contributed by atoms with Crippen molar-refractivity contribution >= 4 is 49.4 Å². The highest BCUT2D eigenvalue weighted by atomic mass is 79.9. The largest absolute Gasteiger partial charge is 0.488 e. The van der Waals surface area contributed by atoms with Crippen molar-refractivity contribution in [2.45, 2.75) is 26.1 Å². The molecule has 2 atom stereocenters. The average molecular weight is 601 g/mol. The Hall–Kier alpha value is -3.40. The molecule has 8 nitrogen and oxygen atoms in total. The van der Waals surface area contributed by atoms with Gasteiger partial charge in [-0.25, -0.2) is 0 Å². The van der Waals surface area contributed by atoms with Crippen LogP contribution in [0.4, 0.5) is 0 Å². The van der Waals surface area contributed by atoms with E-state index in [4.69, 9.17) is 28.4 Å². The van der Waals surface area contributed by atoms with Gasteiger partial charge in [0.15, 0.2) is 12.2 Å². The third kappa shape index (κ3) is 8.81. The lowest BCUT2D eigenvalue weighted by Crippen LogP contribution is -2.29. The van der Waals surface area contributed by atoms with Gasteiger partial charge in [-0.3, -0.25) is 9.59 Å². The highest BCUT2D eigenvalue weighted by Crippen LogP contribution is 2.43. The van der Waals surface area contributed by atoms with Gasteiger partial charge in [0.25, 0.3) is 0 Å². The second-order valence-corrected chi connectivity index (χ2v) is 9.55. The van der Waals surface area contributed by atoms with E-state index in [1.54, 1.807) is 12.2 Å². The normalized spacial score (nSPS) is 12.5. The van der Waals surface area contributed by atoms with Gasteiger partial charge in [-0.15, -0.1) is 13.2 Å². The number of hydrogen-bond donors (Lipinski definition) is 0. The minimum atomic E-state index is -0.612. The lowest BCUT2D eigenvalue weighted by atomic mass is 10.0. The number of carbonyl (C=O) groups excluding carboxylic acids is 2. The van der Waals surface area contributed by atoms with Crippen molar-refractivity contribution in [3.63, 3.8) is 0 Å². The number of ether oxygens (including phenoxy) is 6. The van der Waals surface area contributed by atoms with Crippen molar-refractivity contribution in [1.82, 2.24) is 0 Å². The molecule has 3 aromatic carbocycles. The molecule has 9 heteroatoms. The van der Waals surface area contributed by atoms with Gasteiger partial charge in [-0.2, -0.15) is 0 Å². The summed E-state index contributed by atoms with van der Waals surface area (Å²) < 4.78 is 35.3. The van der Waals surface area contributed by atoms with Crippen molar-refractivity contribution in [1.29, 1.82) is 0 Å². The van der Waals surface area contributed by atoms with Gasteiger partial charge in [-0.05, 0) is 18.2 Å². The van der Waals surface area contributed by atoms with Crippen LogP contribution in [-0.2, 0) is 28.5 Å². The number of hydrogen-bond acceptors (Lipinski definition) is 8. The van der Waals surface area contributed by atoms with Crippen LogP contribution in [0.1, 0.15) is 13.8 Å². The molecule has 0 aliphatic rings. The van der Waals surface area contributed by atoms with E-state index in [2.05, 4.69) is 29.1 Å². The first kappa shape index (κ1) is 30.1. The molecule has 0 heterocycles. The SMILES string of the molecule is C=CCOCC(COc1c2ccccc2c(OCC(COCC=C)OC(C)=O)c2cc(Br)ccc12)OC(C)=O. The second-order valence-electron chi connectivity index (χ2n) is 8.63. The Kier molecular flexibility index (Phi) is 11.8. The zero-order valence-corrected chi connectivity index (χ0v) is 23.7. The third-order valence-corrected chi connectivity index (χ3v) is 5.95. The summed E-state index contributed by atoms with van der Waals surface area (Å²) in [6.07, 6.45) is 2.03. The minimum Gasteiger partial charge on any atom is -0.488 e. The molecule has 0 fully saturated rings. The Morgan fingerprint density at radius 2 is 1.21 bits per heavy atom. The van der Waals surface area contributed by atoms with Gasteiger partial charge < -0.3 is 28.4 Å². The highest BCUT2D eigenvalue weighted by Gasteiger charge is 2.21. The van der Waals surface area contributed by atoms with E-state index in [0.717, 1.165) is 26.0 Å². The average Bonchev–Trinajstić information content (AvgIpc) is 2.89. The van der Waals surface area contributed by atoms with E-state index in [9.17, 15) is 9.59 Å². The van der Waals surface area contributed by atoms with Crippen molar-refractivity contribution in [2.24, 2.45) is 0 Å². The van der Waals surface area contributed by atoms with E-state index in [0.29, 0.717) is 24.7 Å². The number of fused-ring (bicyclic) bond motifs is 2. The predicted molar refractivity (Wildman–Crippen MR) is 153 cm³/mol. The van der Waals surface area contributed by atoms with Crippen molar-refractivity contribution in [3.05, 3.63) is 72.2 Å². The van der Waals surface area contributed by atoms with Gasteiger partial charge >= 0.3 is 11.9 Å². The van der Waals surface area contributed by atoms with E-state index in [-0.39, 0.29) is 26.4 Å². The minimum absolute atomic E-state index is 0.0811. The number of carbonyl (C=O) groups is 2. The second kappa shape index (κ2) is 15.3. The van der Waals surface area contributed by atoms with Crippen LogP contribution in [0, 0.1) is 0 Å². The molecule has 39 heavy (non-hydrogen) atoms. The van der Waals surface area contributed by atoms with Gasteiger partial charge in [0.1, 0.15) is 24.7 Å². The van der Waals surface area contributed by atoms with Gasteiger partial charge in [0.05, 0.1) is 26.4 Å². The Morgan fingerprint density at radius 3 is 1.67 bits per heavy atom. The zero-order valence-electron chi connectivity index (χ0n) is 22.2. The maximum absolute atomic E-state index is 11.7. The topological polar surface area (TPSA) is 89.5 Å². The van der Waals surface area contributed by atoms with Crippen LogP contribution >= 0.6 is 15.9 Å². The van der Waals surface area contributed by atoms with Crippen LogP contribution < -0.4 is 9.47 Å². The van der Waals surface area contributed by atoms with Crippen LogP contribution in [0.25, 0.3) is 21.5 Å². The molecule has 3 rings (SSSR count). The summed E-state index contributed by atoms with van der Waals surface area (Å²) in [5.74, 6) is 0.382. The third-order valence-electron chi connectivity index (χ3n) is 5.46. The maximum Gasteiger partial charge on any atom is 0.303 e. The summed E-state index contributed by atoms with van der Waals surface area (Å²) in [6, 6.07) is 13.5. The molecule has 0 aromatic heterocycles. The Bertz CT molecular complexity index is 1310. The van der Waals surface area contributed by atoms with Crippen LogP contribution in [-0.4, -0.2) is 63.8 Å². The molecule has 3 aromatic rings. The fourth-order valence-corrected chi connectivity index (χ4v) is 4.36. The molecule has 0 aliphatic heterocycles. The molecular formula is C30H33BrO8. The summed E-state index contributed by atoms with van der Waals surface area (Å²) in [4.78, 5) is 23.3. The van der Waals surface area contributed by atoms with Crippen LogP contribution in [0.15, 0.2) is 72.2 Å². The first-order chi connectivity index (χ1) is 18.8. The Morgan fingerprint density at radius 1 is 0.744 bits per heavy atom. The molecule has 0 N–H and O–H groups in total. The number of esters is 2. The molecule has 208 valence electrons. The molecule has 0 saturated heterocycles. The van der Waals surface area contributed by atoms with Crippen LogP contribution in [0.3, 0.4) is 0 Å². The molecule has 0 aliphatic carbocycles. The standard InChI is InChI=1S/C30H33BrO8/c1-5-13-34-16-23(38-20(3)32)18-36-29-25-9-7-8-10-26(25)30(28-15-22(31)11-12-27(28)29)37-19-24(39-21(4)33)17-35-14-6-2/h5-12,15,23-24H,1-2,13-14,16-19H2,3-4H3. The summed E-state index contributed by atoms with van der Waals surface area (Å²) in [5, 5.41) is 3.20. The van der Waals surface area contributed by atoms with Crippen molar-refractivity contribution < 1.29 is 38.0 Å². The van der Waals surface area contributed by atoms with E-state index in [1.807, 2.05) is 42.5 Å². The zero-order chi connectivity index (χ0) is 28.2. The monoisotopic (exact) mass is 600 g/mol. The van der Waals surface area contributed by atoms with Gasteiger partial charge in [0.2, 0.25) is 0 Å². The van der Waals surface area contributed by atoms with Gasteiger partial charge in [0, 0.05) is 39.9 Å². The molecule has 0 bridgehead atoms. The lowest BCUT2D eigenvalue weighted by molar-refractivity contribution is -0.151. The quantitative estimate of drug-likeness (QED) is 0.0884. The Balaban J connectivity index is 1.99. The first-order valence-corrected chi connectivity index (χ1v) is 13.2. The molecular weight excluding hydrogens is 568 g/mol. The van der Waals surface area contributed by atoms with E-state index >= 15 is 0 Å². The summed E-state index contributed by atoms with van der Waals surface area (Å²) in [6.45, 7) is 11.1. The van der Waals surface area contributed by atoms with Crippen LogP contribution in [0.2, 0.25) is 0 Å². The maximum atomic E-state index is 11.7. The molecule has 0 amide bonds. The smallest absolute Gasteiger partial charge is 0.303 e. The highest BCUT2D eigenvalue weighted by molar-refractivity contribution is 9.10. The summed E-state index contributed by atoms with van der Waals surface area (Å²) in [7, 11) is 0. The summed E-state index contributed by atoms with van der Waals surface area (Å²) in [5.41, 5.74) is 0. The lowest BCUT2D eigenvalue weighted by Gasteiger charge is -2.22. The fourth-order valence-electron chi connectivity index (χ4n) is 4.00. The Labute approximate surface area is 236 Å². The fraction of sp³-hybridized carbons (Fsp3) is 0.333. The van der Waals surface area contributed by atoms with Gasteiger partial charge in [-0.1, -0.05) is 52.3 Å². The predicted octanol–water partition coefficient (Wildman–Crippen LogP) is 5.78. The molecule has 0 spiro atoms. The van der Waals surface area contributed by atoms with E-state index in [1.165, 1.54) is 13.8 Å². The van der Waals surface area contributed by atoms with E-state index < -0.39 is 24.1 Å². The molecule has 0 radical (unpaired) electrons. The first-order valence-electron chi connectivity index (χ1n) is 12.4. The number of benzene rings is 3. The molecule has 0 saturated carbocycles. The molecule has 2 unspecified atom stereocenters. The van der Waals surface area contributed by atoms with Crippen LogP contribution in [0.5, 0.6) is 11.5 Å². The summed E-state index contributed by atoms with van der Waals surface area (Å²) >= 11 is 3.56. The van der Waals surface area contributed by atoms with Crippen molar-refractivity contribution in [3.8, 4) is 11.5 Å².